The van der Waals surface area contributed by atoms with Gasteiger partial charge in [-0.25, -0.2) is 9.67 Å². The largest absolute Gasteiger partial charge is 0.362 e. The normalized spacial score (nSPS) is 11.8. The number of benzene rings is 2. The van der Waals surface area contributed by atoms with Crippen molar-refractivity contribution in [2.24, 2.45) is 0 Å². The van der Waals surface area contributed by atoms with Gasteiger partial charge in [0.1, 0.15) is 18.3 Å². The van der Waals surface area contributed by atoms with Crippen LogP contribution in [0.3, 0.4) is 0 Å². The van der Waals surface area contributed by atoms with Gasteiger partial charge < -0.3 is 4.90 Å². The van der Waals surface area contributed by atoms with Gasteiger partial charge in [-0.2, -0.15) is 5.10 Å². The average molecular weight is 368 g/mol. The molecule has 0 aliphatic carbocycles. The number of anilines is 1. The summed E-state index contributed by atoms with van der Waals surface area (Å²) in [6.07, 6.45) is 3.03. The lowest BCUT2D eigenvalue weighted by Gasteiger charge is -2.27. The first-order valence-electron chi connectivity index (χ1n) is 7.99. The zero-order chi connectivity index (χ0) is 19.6. The van der Waals surface area contributed by atoms with E-state index in [2.05, 4.69) is 10.1 Å². The molecule has 3 aromatic rings. The molecule has 0 aliphatic heterocycles. The standard InChI is InChI=1S/C17H16N6O4/c1-12(13-3-5-14(6-4-13)21-11-18-10-19-21)20(2)16-8-7-15(22(24)25)9-17(16)23(26)27/h3-12H,1-2H3/t12-/m1/s1. The quantitative estimate of drug-likeness (QED) is 0.483. The first kappa shape index (κ1) is 18.0. The van der Waals surface area contributed by atoms with Gasteiger partial charge in [-0.05, 0) is 30.7 Å². The Morgan fingerprint density at radius 1 is 1.07 bits per heavy atom. The van der Waals surface area contributed by atoms with Crippen LogP contribution in [0.1, 0.15) is 18.5 Å². The predicted octanol–water partition coefficient (Wildman–Crippen LogP) is 3.28. The third-order valence-electron chi connectivity index (χ3n) is 4.39. The number of aromatic nitrogens is 3. The number of hydrogen-bond donors (Lipinski definition) is 0. The molecule has 0 fully saturated rings. The van der Waals surface area contributed by atoms with Gasteiger partial charge in [0, 0.05) is 13.1 Å². The Bertz CT molecular complexity index is 972. The molecule has 10 nitrogen and oxygen atoms in total. The third kappa shape index (κ3) is 3.59. The molecule has 0 saturated heterocycles. The fourth-order valence-corrected chi connectivity index (χ4v) is 2.75. The zero-order valence-corrected chi connectivity index (χ0v) is 14.6. The molecular weight excluding hydrogens is 352 g/mol. The van der Waals surface area contributed by atoms with Crippen molar-refractivity contribution in [2.75, 3.05) is 11.9 Å². The second-order valence-electron chi connectivity index (χ2n) is 5.91. The van der Waals surface area contributed by atoms with E-state index in [-0.39, 0.29) is 17.4 Å². The van der Waals surface area contributed by atoms with E-state index in [1.807, 2.05) is 31.2 Å². The summed E-state index contributed by atoms with van der Waals surface area (Å²) in [5, 5.41) is 26.3. The molecule has 0 aliphatic rings. The van der Waals surface area contributed by atoms with Crippen LogP contribution in [0.25, 0.3) is 5.69 Å². The van der Waals surface area contributed by atoms with Gasteiger partial charge in [-0.15, -0.1) is 0 Å². The molecule has 0 bridgehead atoms. The second kappa shape index (κ2) is 7.20. The number of rotatable bonds is 6. The molecule has 0 amide bonds. The minimum Gasteiger partial charge on any atom is -0.362 e. The monoisotopic (exact) mass is 368 g/mol. The lowest BCUT2D eigenvalue weighted by Crippen LogP contribution is -2.22. The minimum absolute atomic E-state index is 0.199. The van der Waals surface area contributed by atoms with Crippen molar-refractivity contribution in [3.8, 4) is 5.69 Å². The van der Waals surface area contributed by atoms with E-state index in [0.29, 0.717) is 5.69 Å². The van der Waals surface area contributed by atoms with Gasteiger partial charge >= 0.3 is 0 Å². The van der Waals surface area contributed by atoms with Crippen molar-refractivity contribution in [3.05, 3.63) is 80.9 Å². The van der Waals surface area contributed by atoms with E-state index in [4.69, 9.17) is 0 Å². The van der Waals surface area contributed by atoms with Gasteiger partial charge in [0.25, 0.3) is 11.4 Å². The summed E-state index contributed by atoms with van der Waals surface area (Å²) in [6.45, 7) is 1.90. The van der Waals surface area contributed by atoms with Crippen molar-refractivity contribution < 1.29 is 9.85 Å². The lowest BCUT2D eigenvalue weighted by atomic mass is 10.1. The molecule has 1 atom stereocenters. The van der Waals surface area contributed by atoms with Crippen molar-refractivity contribution >= 4 is 17.1 Å². The second-order valence-corrected chi connectivity index (χ2v) is 5.91. The highest BCUT2D eigenvalue weighted by molar-refractivity contribution is 5.67. The molecule has 1 heterocycles. The Labute approximate surface area is 154 Å². The van der Waals surface area contributed by atoms with Crippen LogP contribution in [0.4, 0.5) is 17.1 Å². The molecule has 0 saturated carbocycles. The number of nitro benzene ring substituents is 2. The van der Waals surface area contributed by atoms with Gasteiger partial charge in [0.15, 0.2) is 0 Å². The highest BCUT2D eigenvalue weighted by Gasteiger charge is 2.24. The maximum absolute atomic E-state index is 11.4. The van der Waals surface area contributed by atoms with Crippen LogP contribution >= 0.6 is 0 Å². The van der Waals surface area contributed by atoms with Gasteiger partial charge in [0.05, 0.1) is 27.6 Å². The van der Waals surface area contributed by atoms with Gasteiger partial charge in [-0.3, -0.25) is 20.2 Å². The maximum Gasteiger partial charge on any atom is 0.299 e. The molecule has 0 spiro atoms. The number of hydrogen-bond acceptors (Lipinski definition) is 7. The fraction of sp³-hybridized carbons (Fsp3) is 0.176. The summed E-state index contributed by atoms with van der Waals surface area (Å²) in [5.74, 6) is 0. The highest BCUT2D eigenvalue weighted by atomic mass is 16.6. The molecule has 1 aromatic heterocycles. The van der Waals surface area contributed by atoms with E-state index in [0.717, 1.165) is 17.3 Å². The van der Waals surface area contributed by atoms with Crippen molar-refractivity contribution in [1.29, 1.82) is 0 Å². The smallest absolute Gasteiger partial charge is 0.299 e. The van der Waals surface area contributed by atoms with Gasteiger partial charge in [-0.1, -0.05) is 12.1 Å². The molecule has 0 N–H and O–H groups in total. The van der Waals surface area contributed by atoms with E-state index < -0.39 is 9.85 Å². The Kier molecular flexibility index (Phi) is 4.79. The van der Waals surface area contributed by atoms with Crippen LogP contribution in [0.2, 0.25) is 0 Å². The minimum atomic E-state index is -0.650. The fourth-order valence-electron chi connectivity index (χ4n) is 2.75. The molecule has 27 heavy (non-hydrogen) atoms. The summed E-state index contributed by atoms with van der Waals surface area (Å²) in [5.41, 5.74) is 1.45. The number of non-ortho nitro benzene ring substituents is 1. The van der Waals surface area contributed by atoms with E-state index >= 15 is 0 Å². The predicted molar refractivity (Wildman–Crippen MR) is 97.9 cm³/mol. The Morgan fingerprint density at radius 3 is 2.33 bits per heavy atom. The van der Waals surface area contributed by atoms with Crippen molar-refractivity contribution in [1.82, 2.24) is 14.8 Å². The summed E-state index contributed by atoms with van der Waals surface area (Å²) >= 11 is 0. The van der Waals surface area contributed by atoms with Crippen LogP contribution in [-0.4, -0.2) is 31.7 Å². The van der Waals surface area contributed by atoms with E-state index in [9.17, 15) is 20.2 Å². The first-order valence-corrected chi connectivity index (χ1v) is 7.99. The first-order chi connectivity index (χ1) is 12.9. The summed E-state index contributed by atoms with van der Waals surface area (Å²) < 4.78 is 1.62. The van der Waals surface area contributed by atoms with Crippen LogP contribution in [0.5, 0.6) is 0 Å². The average Bonchev–Trinajstić information content (AvgIpc) is 3.21. The maximum atomic E-state index is 11.4. The van der Waals surface area contributed by atoms with Crippen molar-refractivity contribution in [3.63, 3.8) is 0 Å². The molecular formula is C17H16N6O4. The topological polar surface area (TPSA) is 120 Å². The summed E-state index contributed by atoms with van der Waals surface area (Å²) in [4.78, 5) is 26.6. The van der Waals surface area contributed by atoms with Gasteiger partial charge in [0.2, 0.25) is 0 Å². The van der Waals surface area contributed by atoms with Crippen LogP contribution < -0.4 is 4.90 Å². The molecule has 0 unspecified atom stereocenters. The number of nitro groups is 2. The molecule has 3 rings (SSSR count). The Morgan fingerprint density at radius 2 is 1.78 bits per heavy atom. The summed E-state index contributed by atoms with van der Waals surface area (Å²) in [6, 6.07) is 11.0. The third-order valence-corrected chi connectivity index (χ3v) is 4.39. The molecule has 2 aromatic carbocycles. The molecule has 0 radical (unpaired) electrons. The molecule has 10 heteroatoms. The molecule has 138 valence electrons. The van der Waals surface area contributed by atoms with Crippen LogP contribution in [0.15, 0.2) is 55.1 Å². The Balaban J connectivity index is 1.90. The van der Waals surface area contributed by atoms with E-state index in [1.54, 1.807) is 23.0 Å². The van der Waals surface area contributed by atoms with Crippen LogP contribution in [0, 0.1) is 20.2 Å². The van der Waals surface area contributed by atoms with E-state index in [1.165, 1.54) is 18.5 Å². The zero-order valence-electron chi connectivity index (χ0n) is 14.6. The highest BCUT2D eigenvalue weighted by Crippen LogP contribution is 2.35. The lowest BCUT2D eigenvalue weighted by molar-refractivity contribution is -0.393. The Hall–Kier alpha value is -3.82. The summed E-state index contributed by atoms with van der Waals surface area (Å²) in [7, 11) is 1.71. The van der Waals surface area contributed by atoms with Crippen molar-refractivity contribution in [2.45, 2.75) is 13.0 Å². The van der Waals surface area contributed by atoms with Crippen LogP contribution in [-0.2, 0) is 0 Å². The number of nitrogens with zero attached hydrogens (tertiary/aromatic N) is 6. The SMILES string of the molecule is C[C@H](c1ccc(-n2cncn2)cc1)N(C)c1ccc([N+](=O)[O-])cc1[N+](=O)[O-].